The van der Waals surface area contributed by atoms with Gasteiger partial charge in [0.05, 0.1) is 17.8 Å². The highest BCUT2D eigenvalue weighted by Crippen LogP contribution is 2.45. The molecule has 0 bridgehead atoms. The summed E-state index contributed by atoms with van der Waals surface area (Å²) in [7, 11) is 0. The molecule has 4 aromatic rings. The minimum atomic E-state index is -0.702. The van der Waals surface area contributed by atoms with Crippen molar-refractivity contribution in [2.24, 2.45) is 11.5 Å². The number of hydrogen-bond donors (Lipinski definition) is 2. The number of nitriles is 1. The SMILES string of the molecule is [C-]#[N+]c1c(N2CCC2)nc(SCc2csc(-c3ccc(Cl)cc3)n2)c(C#N)c1-c1ccc(OCCOC(=O)[C@@H](N)CCCN)cc1. The molecule has 4 N–H and O–H groups in total. The van der Waals surface area contributed by atoms with E-state index in [-0.39, 0.29) is 13.2 Å². The van der Waals surface area contributed by atoms with Gasteiger partial charge in [-0.25, -0.2) is 14.8 Å². The zero-order valence-electron chi connectivity index (χ0n) is 24.9. The molecule has 0 saturated carbocycles. The Morgan fingerprint density at radius 3 is 2.54 bits per heavy atom. The van der Waals surface area contributed by atoms with E-state index in [1.165, 1.54) is 11.8 Å². The zero-order valence-corrected chi connectivity index (χ0v) is 27.3. The van der Waals surface area contributed by atoms with Gasteiger partial charge in [-0.15, -0.1) is 11.3 Å². The highest BCUT2D eigenvalue weighted by molar-refractivity contribution is 7.98. The fraction of sp³-hybridized carbons (Fsp3) is 0.303. The van der Waals surface area contributed by atoms with Crippen molar-refractivity contribution < 1.29 is 14.3 Å². The Morgan fingerprint density at radius 2 is 1.89 bits per heavy atom. The van der Waals surface area contributed by atoms with Crippen LogP contribution in [0.3, 0.4) is 0 Å². The first-order valence-electron chi connectivity index (χ1n) is 14.7. The number of anilines is 1. The molecule has 1 saturated heterocycles. The van der Waals surface area contributed by atoms with Gasteiger partial charge in [0, 0.05) is 40.4 Å². The molecule has 1 atom stereocenters. The van der Waals surface area contributed by atoms with Crippen molar-refractivity contribution in [1.29, 1.82) is 5.26 Å². The summed E-state index contributed by atoms with van der Waals surface area (Å²) in [4.78, 5) is 27.6. The molecule has 0 aliphatic carbocycles. The Balaban J connectivity index is 1.33. The number of thioether (sulfide) groups is 1. The van der Waals surface area contributed by atoms with Crippen LogP contribution in [0.4, 0.5) is 11.5 Å². The molecule has 0 spiro atoms. The smallest absolute Gasteiger partial charge is 0.323 e. The first-order chi connectivity index (χ1) is 22.4. The van der Waals surface area contributed by atoms with E-state index in [1.54, 1.807) is 23.5 Å². The Morgan fingerprint density at radius 1 is 1.15 bits per heavy atom. The summed E-state index contributed by atoms with van der Waals surface area (Å²) >= 11 is 9.02. The van der Waals surface area contributed by atoms with Crippen LogP contribution < -0.4 is 21.1 Å². The third-order valence-corrected chi connectivity index (χ3v) is 9.46. The average Bonchev–Trinajstić information content (AvgIpc) is 3.53. The Hall–Kier alpha value is -4.17. The molecular formula is C33H32ClN7O3S2. The van der Waals surface area contributed by atoms with Gasteiger partial charge in [0.2, 0.25) is 5.69 Å². The molecule has 2 aromatic carbocycles. The lowest BCUT2D eigenvalue weighted by atomic mass is 9.99. The lowest BCUT2D eigenvalue weighted by Gasteiger charge is -2.34. The van der Waals surface area contributed by atoms with Gasteiger partial charge in [-0.05, 0) is 55.6 Å². The second-order valence-corrected chi connectivity index (χ2v) is 12.7. The molecule has 1 aliphatic heterocycles. The van der Waals surface area contributed by atoms with Gasteiger partial charge in [-0.2, -0.15) is 5.26 Å². The van der Waals surface area contributed by atoms with Crippen molar-refractivity contribution >= 4 is 52.2 Å². The van der Waals surface area contributed by atoms with Crippen LogP contribution in [-0.2, 0) is 15.3 Å². The number of pyridine rings is 1. The summed E-state index contributed by atoms with van der Waals surface area (Å²) in [6, 6.07) is 16.4. The monoisotopic (exact) mass is 673 g/mol. The van der Waals surface area contributed by atoms with Gasteiger partial charge in [0.25, 0.3) is 0 Å². The number of ether oxygens (including phenoxy) is 2. The predicted octanol–water partition coefficient (Wildman–Crippen LogP) is 6.44. The third-order valence-electron chi connectivity index (χ3n) is 7.26. The van der Waals surface area contributed by atoms with E-state index in [0.29, 0.717) is 69.1 Å². The van der Waals surface area contributed by atoms with Gasteiger partial charge in [-0.1, -0.05) is 47.6 Å². The Bertz CT molecular complexity index is 1750. The van der Waals surface area contributed by atoms with E-state index in [4.69, 9.17) is 49.1 Å². The second kappa shape index (κ2) is 15.9. The van der Waals surface area contributed by atoms with Crippen molar-refractivity contribution in [2.45, 2.75) is 36.1 Å². The van der Waals surface area contributed by atoms with Crippen LogP contribution in [0.15, 0.2) is 58.9 Å². The molecule has 0 unspecified atom stereocenters. The summed E-state index contributed by atoms with van der Waals surface area (Å²) in [5.74, 6) is 1.17. The molecule has 13 heteroatoms. The number of carbonyl (C=O) groups excluding carboxylic acids is 1. The van der Waals surface area contributed by atoms with Crippen LogP contribution in [0.1, 0.15) is 30.5 Å². The van der Waals surface area contributed by atoms with E-state index in [2.05, 4.69) is 15.8 Å². The van der Waals surface area contributed by atoms with Crippen molar-refractivity contribution in [3.05, 3.63) is 81.6 Å². The maximum atomic E-state index is 12.0. The summed E-state index contributed by atoms with van der Waals surface area (Å²) in [6.07, 6.45) is 2.14. The molecule has 10 nitrogen and oxygen atoms in total. The van der Waals surface area contributed by atoms with E-state index in [0.717, 1.165) is 35.8 Å². The minimum absolute atomic E-state index is 0.0572. The van der Waals surface area contributed by atoms with Crippen molar-refractivity contribution in [3.8, 4) is 33.5 Å². The van der Waals surface area contributed by atoms with Crippen LogP contribution in [0.2, 0.25) is 5.02 Å². The fourth-order valence-corrected chi connectivity index (χ4v) is 6.64. The Kier molecular flexibility index (Phi) is 11.5. The number of nitrogens with zero attached hydrogens (tertiary/aromatic N) is 5. The number of nitrogens with two attached hydrogens (primary N) is 2. The average molecular weight is 674 g/mol. The van der Waals surface area contributed by atoms with E-state index in [1.807, 2.05) is 41.8 Å². The fourth-order valence-electron chi connectivity index (χ4n) is 4.71. The zero-order chi connectivity index (χ0) is 32.5. The molecule has 2 aromatic heterocycles. The number of aromatic nitrogens is 2. The lowest BCUT2D eigenvalue weighted by Crippen LogP contribution is -2.37. The number of thiazole rings is 1. The molecule has 46 heavy (non-hydrogen) atoms. The predicted molar refractivity (Wildman–Crippen MR) is 182 cm³/mol. The van der Waals surface area contributed by atoms with Gasteiger partial charge in [0.1, 0.15) is 46.9 Å². The van der Waals surface area contributed by atoms with E-state index >= 15 is 0 Å². The minimum Gasteiger partial charge on any atom is -0.490 e. The van der Waals surface area contributed by atoms with Crippen LogP contribution in [0.25, 0.3) is 26.5 Å². The van der Waals surface area contributed by atoms with E-state index < -0.39 is 12.0 Å². The number of carbonyl (C=O) groups is 1. The highest BCUT2D eigenvalue weighted by atomic mass is 35.5. The summed E-state index contributed by atoms with van der Waals surface area (Å²) in [5.41, 5.74) is 15.1. The normalized spacial score (nSPS) is 12.9. The highest BCUT2D eigenvalue weighted by Gasteiger charge is 2.27. The van der Waals surface area contributed by atoms with Crippen molar-refractivity contribution in [2.75, 3.05) is 37.7 Å². The molecular weight excluding hydrogens is 642 g/mol. The van der Waals surface area contributed by atoms with Crippen molar-refractivity contribution in [3.63, 3.8) is 0 Å². The second-order valence-electron chi connectivity index (χ2n) is 10.4. The largest absolute Gasteiger partial charge is 0.490 e. The number of esters is 1. The topological polar surface area (TPSA) is 145 Å². The summed E-state index contributed by atoms with van der Waals surface area (Å²) in [6.45, 7) is 10.3. The van der Waals surface area contributed by atoms with Crippen LogP contribution >= 0.6 is 34.7 Å². The quantitative estimate of drug-likeness (QED) is 0.0664. The molecule has 0 amide bonds. The third kappa shape index (κ3) is 7.97. The number of halogens is 1. The number of hydrogen-bond acceptors (Lipinski definition) is 11. The Labute approximate surface area is 281 Å². The molecule has 1 aliphatic rings. The van der Waals surface area contributed by atoms with Crippen molar-refractivity contribution in [1.82, 2.24) is 9.97 Å². The number of rotatable bonds is 14. The molecule has 3 heterocycles. The van der Waals surface area contributed by atoms with Crippen LogP contribution in [0, 0.1) is 17.9 Å². The van der Waals surface area contributed by atoms with Gasteiger partial charge in [0.15, 0.2) is 0 Å². The summed E-state index contributed by atoms with van der Waals surface area (Å²) in [5, 5.41) is 14.5. The number of benzene rings is 2. The standard InChI is InChI=1S/C33H32ClN7O3S2/c1-38-29-28(21-7-11-25(12-8-21)43-16-17-44-33(42)27(37)4-2-13-35)26(18-36)32(40-30(29)41-14-3-15-41)46-20-24-19-45-31(39-24)22-5-9-23(34)10-6-22/h5-12,19,27H,2-4,13-17,20,35,37H2/t27-/m0/s1. The maximum Gasteiger partial charge on any atom is 0.323 e. The van der Waals surface area contributed by atoms with E-state index in [9.17, 15) is 10.1 Å². The first kappa shape index (κ1) is 33.2. The van der Waals surface area contributed by atoms with Crippen LogP contribution in [-0.4, -0.2) is 54.8 Å². The van der Waals surface area contributed by atoms with Crippen LogP contribution in [0.5, 0.6) is 5.75 Å². The lowest BCUT2D eigenvalue weighted by molar-refractivity contribution is -0.146. The molecule has 236 valence electrons. The molecule has 0 radical (unpaired) electrons. The van der Waals surface area contributed by atoms with Gasteiger partial charge in [-0.3, -0.25) is 4.79 Å². The van der Waals surface area contributed by atoms with Gasteiger partial charge >= 0.3 is 5.97 Å². The first-order valence-corrected chi connectivity index (χ1v) is 16.9. The maximum absolute atomic E-state index is 12.0. The van der Waals surface area contributed by atoms with Gasteiger partial charge < -0.3 is 25.8 Å². The molecule has 5 rings (SSSR count). The summed E-state index contributed by atoms with van der Waals surface area (Å²) < 4.78 is 11.0. The molecule has 1 fully saturated rings.